The van der Waals surface area contributed by atoms with E-state index in [1.54, 1.807) is 0 Å². The van der Waals surface area contributed by atoms with Gasteiger partial charge in [0.05, 0.1) is 0 Å². The highest BCUT2D eigenvalue weighted by molar-refractivity contribution is 5.71. The van der Waals surface area contributed by atoms with Crippen molar-refractivity contribution < 1.29 is 0 Å². The number of rotatable bonds is 4. The number of fused-ring (bicyclic) bond motifs is 1. The second kappa shape index (κ2) is 4.11. The maximum atomic E-state index is 5.82. The molecule has 1 aliphatic carbocycles. The molecule has 1 unspecified atom stereocenters. The van der Waals surface area contributed by atoms with Crippen molar-refractivity contribution in [2.45, 2.75) is 44.7 Å². The molecule has 0 bridgehead atoms. The minimum absolute atomic E-state index is 0.232. The number of imidazole rings is 1. The molecule has 1 aliphatic rings. The predicted octanol–water partition coefficient (Wildman–Crippen LogP) is 2.05. The molecule has 90 valence electrons. The van der Waals surface area contributed by atoms with Gasteiger partial charge in [0.25, 0.3) is 0 Å². The highest BCUT2D eigenvalue weighted by Gasteiger charge is 2.28. The van der Waals surface area contributed by atoms with E-state index in [1.807, 2.05) is 25.3 Å². The van der Waals surface area contributed by atoms with Crippen LogP contribution in [-0.2, 0) is 6.42 Å². The van der Waals surface area contributed by atoms with Gasteiger partial charge in [0, 0.05) is 24.7 Å². The van der Waals surface area contributed by atoms with E-state index in [-0.39, 0.29) is 6.04 Å². The van der Waals surface area contributed by atoms with E-state index < -0.39 is 0 Å². The van der Waals surface area contributed by atoms with E-state index in [9.17, 15) is 0 Å². The van der Waals surface area contributed by atoms with Gasteiger partial charge in [0.15, 0.2) is 5.65 Å². The fraction of sp³-hybridized carbons (Fsp3) is 0.538. The Balaban J connectivity index is 2.00. The van der Waals surface area contributed by atoms with Crippen molar-refractivity contribution in [3.63, 3.8) is 0 Å². The van der Waals surface area contributed by atoms with E-state index in [2.05, 4.69) is 9.55 Å². The molecule has 2 aromatic rings. The van der Waals surface area contributed by atoms with Crippen LogP contribution in [0.2, 0.25) is 0 Å². The van der Waals surface area contributed by atoms with Crippen molar-refractivity contribution in [2.75, 3.05) is 0 Å². The highest BCUT2D eigenvalue weighted by atomic mass is 15.2. The summed E-state index contributed by atoms with van der Waals surface area (Å²) in [6.07, 6.45) is 6.29. The minimum Gasteiger partial charge on any atom is -0.328 e. The van der Waals surface area contributed by atoms with Gasteiger partial charge in [-0.1, -0.05) is 0 Å². The fourth-order valence-corrected chi connectivity index (χ4v) is 2.23. The molecule has 0 radical (unpaired) electrons. The molecule has 1 atom stereocenters. The Hall–Kier alpha value is -1.42. The van der Waals surface area contributed by atoms with Gasteiger partial charge < -0.3 is 10.3 Å². The van der Waals surface area contributed by atoms with E-state index in [1.165, 1.54) is 12.8 Å². The normalized spacial score (nSPS) is 17.5. The molecule has 2 heterocycles. The Bertz CT molecular complexity index is 525. The van der Waals surface area contributed by atoms with Gasteiger partial charge in [-0.2, -0.15) is 0 Å². The first-order valence-electron chi connectivity index (χ1n) is 6.33. The summed E-state index contributed by atoms with van der Waals surface area (Å²) in [5.41, 5.74) is 7.87. The SMILES string of the molecule is CC(N)CCc1nc2cccnc2n1C1CC1. The van der Waals surface area contributed by atoms with E-state index in [0.29, 0.717) is 6.04 Å². The number of hydrogen-bond donors (Lipinski definition) is 1. The average molecular weight is 230 g/mol. The van der Waals surface area contributed by atoms with Crippen molar-refractivity contribution in [1.82, 2.24) is 14.5 Å². The van der Waals surface area contributed by atoms with Crippen LogP contribution in [0.5, 0.6) is 0 Å². The number of hydrogen-bond acceptors (Lipinski definition) is 3. The van der Waals surface area contributed by atoms with E-state index >= 15 is 0 Å². The average Bonchev–Trinajstić information content (AvgIpc) is 3.07. The zero-order valence-corrected chi connectivity index (χ0v) is 10.1. The molecule has 3 rings (SSSR count). The third-order valence-corrected chi connectivity index (χ3v) is 3.26. The van der Waals surface area contributed by atoms with Crippen LogP contribution in [0.3, 0.4) is 0 Å². The molecule has 0 aliphatic heterocycles. The molecule has 0 saturated heterocycles. The van der Waals surface area contributed by atoms with E-state index in [0.717, 1.165) is 29.8 Å². The molecule has 0 aromatic carbocycles. The molecule has 0 spiro atoms. The maximum absolute atomic E-state index is 5.82. The van der Waals surface area contributed by atoms with Gasteiger partial charge in [0.2, 0.25) is 0 Å². The second-order valence-corrected chi connectivity index (χ2v) is 4.99. The van der Waals surface area contributed by atoms with Crippen LogP contribution < -0.4 is 5.73 Å². The minimum atomic E-state index is 0.232. The predicted molar refractivity (Wildman–Crippen MR) is 67.8 cm³/mol. The molecular weight excluding hydrogens is 212 g/mol. The van der Waals surface area contributed by atoms with Crippen LogP contribution in [-0.4, -0.2) is 20.6 Å². The Morgan fingerprint density at radius 1 is 1.53 bits per heavy atom. The zero-order valence-electron chi connectivity index (χ0n) is 10.1. The van der Waals surface area contributed by atoms with Crippen LogP contribution in [0.25, 0.3) is 11.2 Å². The fourth-order valence-electron chi connectivity index (χ4n) is 2.23. The topological polar surface area (TPSA) is 56.7 Å². The van der Waals surface area contributed by atoms with Gasteiger partial charge in [-0.25, -0.2) is 9.97 Å². The van der Waals surface area contributed by atoms with Gasteiger partial charge in [-0.3, -0.25) is 0 Å². The molecule has 1 saturated carbocycles. The first-order chi connectivity index (χ1) is 8.25. The van der Waals surface area contributed by atoms with Crippen LogP contribution in [0.4, 0.5) is 0 Å². The van der Waals surface area contributed by atoms with Crippen LogP contribution in [0.1, 0.15) is 38.1 Å². The zero-order chi connectivity index (χ0) is 11.8. The highest BCUT2D eigenvalue weighted by Crippen LogP contribution is 2.38. The van der Waals surface area contributed by atoms with Crippen molar-refractivity contribution in [1.29, 1.82) is 0 Å². The van der Waals surface area contributed by atoms with E-state index in [4.69, 9.17) is 10.7 Å². The molecule has 17 heavy (non-hydrogen) atoms. The first-order valence-corrected chi connectivity index (χ1v) is 6.33. The first kappa shape index (κ1) is 10.7. The van der Waals surface area contributed by atoms with Crippen LogP contribution in [0, 0.1) is 0 Å². The smallest absolute Gasteiger partial charge is 0.160 e. The summed E-state index contributed by atoms with van der Waals surface area (Å²) >= 11 is 0. The number of nitrogens with two attached hydrogens (primary N) is 1. The van der Waals surface area contributed by atoms with Crippen molar-refractivity contribution in [3.05, 3.63) is 24.2 Å². The number of pyridine rings is 1. The number of aromatic nitrogens is 3. The van der Waals surface area contributed by atoms with Gasteiger partial charge in [0.1, 0.15) is 11.3 Å². The second-order valence-electron chi connectivity index (χ2n) is 4.99. The Morgan fingerprint density at radius 2 is 2.35 bits per heavy atom. The van der Waals surface area contributed by atoms with Crippen LogP contribution in [0.15, 0.2) is 18.3 Å². The summed E-state index contributed by atoms with van der Waals surface area (Å²) in [5, 5.41) is 0. The van der Waals surface area contributed by atoms with Gasteiger partial charge in [-0.15, -0.1) is 0 Å². The molecule has 4 heteroatoms. The third-order valence-electron chi connectivity index (χ3n) is 3.26. The maximum Gasteiger partial charge on any atom is 0.160 e. The van der Waals surface area contributed by atoms with Gasteiger partial charge in [-0.05, 0) is 38.3 Å². The largest absolute Gasteiger partial charge is 0.328 e. The number of aryl methyl sites for hydroxylation is 1. The third kappa shape index (κ3) is 2.05. The summed E-state index contributed by atoms with van der Waals surface area (Å²) in [5.74, 6) is 1.15. The summed E-state index contributed by atoms with van der Waals surface area (Å²) < 4.78 is 2.32. The molecule has 2 aromatic heterocycles. The lowest BCUT2D eigenvalue weighted by Crippen LogP contribution is -2.16. The van der Waals surface area contributed by atoms with Crippen molar-refractivity contribution in [2.24, 2.45) is 5.73 Å². The summed E-state index contributed by atoms with van der Waals surface area (Å²) in [6.45, 7) is 2.04. The molecule has 0 amide bonds. The lowest BCUT2D eigenvalue weighted by atomic mass is 10.2. The molecular formula is C13H18N4. The van der Waals surface area contributed by atoms with Crippen molar-refractivity contribution >= 4 is 11.2 Å². The van der Waals surface area contributed by atoms with Gasteiger partial charge >= 0.3 is 0 Å². The molecule has 2 N–H and O–H groups in total. The summed E-state index contributed by atoms with van der Waals surface area (Å²) in [6, 6.07) is 4.84. The lowest BCUT2D eigenvalue weighted by molar-refractivity contribution is 0.613. The monoisotopic (exact) mass is 230 g/mol. The lowest BCUT2D eigenvalue weighted by Gasteiger charge is -2.08. The standard InChI is InChI=1S/C13H18N4/c1-9(14)4-7-12-16-11-3-2-8-15-13(11)17(12)10-5-6-10/h2-3,8-10H,4-7,14H2,1H3. The molecule has 1 fully saturated rings. The summed E-state index contributed by atoms with van der Waals surface area (Å²) in [7, 11) is 0. The quantitative estimate of drug-likeness (QED) is 0.874. The van der Waals surface area contributed by atoms with Crippen LogP contribution >= 0.6 is 0 Å². The molecule has 4 nitrogen and oxygen atoms in total. The number of nitrogens with zero attached hydrogens (tertiary/aromatic N) is 3. The Morgan fingerprint density at radius 3 is 3.06 bits per heavy atom. The van der Waals surface area contributed by atoms with Crippen molar-refractivity contribution in [3.8, 4) is 0 Å². The summed E-state index contributed by atoms with van der Waals surface area (Å²) in [4.78, 5) is 9.15. The Kier molecular flexibility index (Phi) is 2.59. The Labute approximate surface area is 101 Å².